The number of carbonyl (C=O) groups excluding carboxylic acids is 1. The van der Waals surface area contributed by atoms with E-state index in [4.69, 9.17) is 4.74 Å². The average molecular weight is 335 g/mol. The highest BCUT2D eigenvalue weighted by molar-refractivity contribution is 5.78. The van der Waals surface area contributed by atoms with Gasteiger partial charge < -0.3 is 14.6 Å². The van der Waals surface area contributed by atoms with Crippen LogP contribution < -0.4 is 5.32 Å². The van der Waals surface area contributed by atoms with E-state index in [9.17, 15) is 4.79 Å². The van der Waals surface area contributed by atoms with E-state index in [0.717, 1.165) is 51.7 Å². The van der Waals surface area contributed by atoms with Gasteiger partial charge in [-0.25, -0.2) is 4.98 Å². The SMILES string of the molecule is CC(C)CN1CCOC(CNC(=O)CN2CCn3ccnc3C2)C1. The van der Waals surface area contributed by atoms with Gasteiger partial charge in [-0.05, 0) is 5.92 Å². The summed E-state index contributed by atoms with van der Waals surface area (Å²) in [6.07, 6.45) is 3.92. The summed E-state index contributed by atoms with van der Waals surface area (Å²) in [4.78, 5) is 21.1. The molecule has 0 saturated carbocycles. The summed E-state index contributed by atoms with van der Waals surface area (Å²) in [6, 6.07) is 0. The number of fused-ring (bicyclic) bond motifs is 1. The Morgan fingerprint density at radius 2 is 2.25 bits per heavy atom. The van der Waals surface area contributed by atoms with Crippen molar-refractivity contribution < 1.29 is 9.53 Å². The highest BCUT2D eigenvalue weighted by Crippen LogP contribution is 2.10. The van der Waals surface area contributed by atoms with Crippen LogP contribution in [0.2, 0.25) is 0 Å². The van der Waals surface area contributed by atoms with Crippen LogP contribution in [0.25, 0.3) is 0 Å². The number of hydrogen-bond acceptors (Lipinski definition) is 5. The van der Waals surface area contributed by atoms with Crippen molar-refractivity contribution in [2.45, 2.75) is 33.0 Å². The molecule has 0 aliphatic carbocycles. The first kappa shape index (κ1) is 17.4. The summed E-state index contributed by atoms with van der Waals surface area (Å²) >= 11 is 0. The molecule has 0 aromatic carbocycles. The quantitative estimate of drug-likeness (QED) is 0.803. The molecule has 1 atom stereocenters. The van der Waals surface area contributed by atoms with Crippen LogP contribution >= 0.6 is 0 Å². The van der Waals surface area contributed by atoms with Crippen LogP contribution in [0.3, 0.4) is 0 Å². The summed E-state index contributed by atoms with van der Waals surface area (Å²) in [5.41, 5.74) is 0. The van der Waals surface area contributed by atoms with E-state index >= 15 is 0 Å². The maximum atomic E-state index is 12.2. The third kappa shape index (κ3) is 4.78. The van der Waals surface area contributed by atoms with E-state index in [1.807, 2.05) is 12.4 Å². The molecule has 1 aromatic rings. The number of hydrogen-bond donors (Lipinski definition) is 1. The van der Waals surface area contributed by atoms with E-state index in [1.165, 1.54) is 0 Å². The minimum absolute atomic E-state index is 0.0691. The second-order valence-corrected chi connectivity index (χ2v) is 7.20. The molecule has 1 fully saturated rings. The topological polar surface area (TPSA) is 62.6 Å². The van der Waals surface area contributed by atoms with Crippen molar-refractivity contribution >= 4 is 5.91 Å². The van der Waals surface area contributed by atoms with Gasteiger partial charge in [-0.3, -0.25) is 14.6 Å². The van der Waals surface area contributed by atoms with Gasteiger partial charge >= 0.3 is 0 Å². The van der Waals surface area contributed by atoms with Crippen LogP contribution in [0, 0.1) is 5.92 Å². The summed E-state index contributed by atoms with van der Waals surface area (Å²) in [6.45, 7) is 11.7. The second-order valence-electron chi connectivity index (χ2n) is 7.20. The van der Waals surface area contributed by atoms with Crippen LogP contribution in [-0.4, -0.2) is 77.2 Å². The zero-order chi connectivity index (χ0) is 16.9. The number of ether oxygens (including phenoxy) is 1. The van der Waals surface area contributed by atoms with Crippen molar-refractivity contribution in [2.24, 2.45) is 5.92 Å². The summed E-state index contributed by atoms with van der Waals surface area (Å²) < 4.78 is 7.93. The number of imidazole rings is 1. The molecule has 3 rings (SSSR count). The lowest BCUT2D eigenvalue weighted by atomic mass is 10.2. The van der Waals surface area contributed by atoms with Gasteiger partial charge in [0.15, 0.2) is 0 Å². The molecule has 1 amide bonds. The van der Waals surface area contributed by atoms with Gasteiger partial charge in [0.2, 0.25) is 5.91 Å². The predicted molar refractivity (Wildman–Crippen MR) is 91.5 cm³/mol. The zero-order valence-electron chi connectivity index (χ0n) is 14.8. The minimum atomic E-state index is 0.0691. The Morgan fingerprint density at radius 1 is 1.38 bits per heavy atom. The van der Waals surface area contributed by atoms with E-state index in [2.05, 4.69) is 38.5 Å². The number of amides is 1. The Hall–Kier alpha value is -1.44. The molecule has 1 N–H and O–H groups in total. The number of aromatic nitrogens is 2. The van der Waals surface area contributed by atoms with Crippen molar-refractivity contribution in [3.05, 3.63) is 18.2 Å². The zero-order valence-corrected chi connectivity index (χ0v) is 14.8. The first-order valence-electron chi connectivity index (χ1n) is 8.93. The smallest absolute Gasteiger partial charge is 0.234 e. The second kappa shape index (κ2) is 8.09. The molecule has 2 aliphatic heterocycles. The maximum absolute atomic E-state index is 12.2. The Morgan fingerprint density at radius 3 is 3.08 bits per heavy atom. The molecule has 0 bridgehead atoms. The number of morpholine rings is 1. The lowest BCUT2D eigenvalue weighted by Gasteiger charge is -2.34. The molecular formula is C17H29N5O2. The van der Waals surface area contributed by atoms with Crippen LogP contribution in [-0.2, 0) is 22.6 Å². The molecule has 2 aliphatic rings. The summed E-state index contributed by atoms with van der Waals surface area (Å²) in [5.74, 6) is 1.76. The molecule has 0 spiro atoms. The third-order valence-corrected chi connectivity index (χ3v) is 4.56. The number of carbonyl (C=O) groups is 1. The molecule has 1 saturated heterocycles. The Balaban J connectivity index is 1.38. The number of rotatable bonds is 6. The van der Waals surface area contributed by atoms with Crippen molar-refractivity contribution in [3.8, 4) is 0 Å². The van der Waals surface area contributed by atoms with E-state index < -0.39 is 0 Å². The Labute approximate surface area is 144 Å². The largest absolute Gasteiger partial charge is 0.374 e. The van der Waals surface area contributed by atoms with Crippen LogP contribution in [0.4, 0.5) is 0 Å². The van der Waals surface area contributed by atoms with Gasteiger partial charge in [0, 0.05) is 51.7 Å². The molecular weight excluding hydrogens is 306 g/mol. The summed E-state index contributed by atoms with van der Waals surface area (Å²) in [5, 5.41) is 3.03. The molecule has 134 valence electrons. The monoisotopic (exact) mass is 335 g/mol. The van der Waals surface area contributed by atoms with Crippen LogP contribution in [0.15, 0.2) is 12.4 Å². The molecule has 7 heteroatoms. The molecule has 24 heavy (non-hydrogen) atoms. The normalized spacial score (nSPS) is 22.5. The highest BCUT2D eigenvalue weighted by atomic mass is 16.5. The lowest BCUT2D eigenvalue weighted by molar-refractivity contribution is -0.123. The van der Waals surface area contributed by atoms with E-state index in [1.54, 1.807) is 0 Å². The van der Waals surface area contributed by atoms with E-state index in [0.29, 0.717) is 19.0 Å². The van der Waals surface area contributed by atoms with E-state index in [-0.39, 0.29) is 12.0 Å². The number of nitrogens with zero attached hydrogens (tertiary/aromatic N) is 4. The van der Waals surface area contributed by atoms with Gasteiger partial charge in [-0.15, -0.1) is 0 Å². The molecule has 3 heterocycles. The summed E-state index contributed by atoms with van der Waals surface area (Å²) in [7, 11) is 0. The fourth-order valence-corrected chi connectivity index (χ4v) is 3.43. The molecule has 1 unspecified atom stereocenters. The Kier molecular flexibility index (Phi) is 5.86. The van der Waals surface area contributed by atoms with Gasteiger partial charge in [0.25, 0.3) is 0 Å². The fourth-order valence-electron chi connectivity index (χ4n) is 3.43. The third-order valence-electron chi connectivity index (χ3n) is 4.56. The maximum Gasteiger partial charge on any atom is 0.234 e. The van der Waals surface area contributed by atoms with Gasteiger partial charge in [-0.1, -0.05) is 13.8 Å². The van der Waals surface area contributed by atoms with Crippen molar-refractivity contribution in [3.63, 3.8) is 0 Å². The molecule has 0 radical (unpaired) electrons. The lowest BCUT2D eigenvalue weighted by Crippen LogP contribution is -2.49. The first-order valence-corrected chi connectivity index (χ1v) is 8.93. The van der Waals surface area contributed by atoms with Crippen molar-refractivity contribution in [2.75, 3.05) is 45.9 Å². The van der Waals surface area contributed by atoms with Crippen LogP contribution in [0.5, 0.6) is 0 Å². The molecule has 1 aromatic heterocycles. The molecule has 7 nitrogen and oxygen atoms in total. The van der Waals surface area contributed by atoms with Gasteiger partial charge in [0.1, 0.15) is 5.82 Å². The first-order chi connectivity index (χ1) is 11.6. The standard InChI is InChI=1S/C17H29N5O2/c1-14(2)10-21-7-8-24-15(11-21)9-19-17(23)13-20-5-6-22-4-3-18-16(22)12-20/h3-4,14-15H,5-13H2,1-2H3,(H,19,23). The van der Waals surface area contributed by atoms with Gasteiger partial charge in [0.05, 0.1) is 25.8 Å². The number of nitrogens with one attached hydrogen (secondary N) is 1. The van der Waals surface area contributed by atoms with Crippen molar-refractivity contribution in [1.29, 1.82) is 0 Å². The minimum Gasteiger partial charge on any atom is -0.374 e. The predicted octanol–water partition coefficient (Wildman–Crippen LogP) is 0.172. The Bertz CT molecular complexity index is 545. The van der Waals surface area contributed by atoms with Crippen molar-refractivity contribution in [1.82, 2.24) is 24.7 Å². The van der Waals surface area contributed by atoms with Crippen LogP contribution in [0.1, 0.15) is 19.7 Å². The fraction of sp³-hybridized carbons (Fsp3) is 0.765. The average Bonchev–Trinajstić information content (AvgIpc) is 3.00. The van der Waals surface area contributed by atoms with Gasteiger partial charge in [-0.2, -0.15) is 0 Å². The highest BCUT2D eigenvalue weighted by Gasteiger charge is 2.23.